The maximum absolute atomic E-state index is 6.13. The Morgan fingerprint density at radius 2 is 2.00 bits per heavy atom. The number of hydrogen-bond donors (Lipinski definition) is 1. The van der Waals surface area contributed by atoms with E-state index in [0.717, 1.165) is 24.3 Å². The minimum Gasteiger partial charge on any atom is -0.497 e. The van der Waals surface area contributed by atoms with E-state index in [-0.39, 0.29) is 6.04 Å². The van der Waals surface area contributed by atoms with Gasteiger partial charge in [0, 0.05) is 12.2 Å². The van der Waals surface area contributed by atoms with Crippen molar-refractivity contribution >= 4 is 11.6 Å². The molecule has 4 heteroatoms. The van der Waals surface area contributed by atoms with Gasteiger partial charge in [-0.15, -0.1) is 0 Å². The fourth-order valence-corrected chi connectivity index (χ4v) is 2.18. The highest BCUT2D eigenvalue weighted by Gasteiger charge is 2.11. The summed E-state index contributed by atoms with van der Waals surface area (Å²) >= 11 is 6.08. The van der Waals surface area contributed by atoms with E-state index in [4.69, 9.17) is 22.1 Å². The van der Waals surface area contributed by atoms with Crippen molar-refractivity contribution in [3.05, 3.63) is 58.9 Å². The molecular formula is C15H17ClN2O. The van der Waals surface area contributed by atoms with Crippen molar-refractivity contribution in [1.82, 2.24) is 4.98 Å². The van der Waals surface area contributed by atoms with Crippen LogP contribution in [0.15, 0.2) is 42.6 Å². The molecule has 0 saturated heterocycles. The van der Waals surface area contributed by atoms with Crippen LogP contribution in [0, 0.1) is 0 Å². The summed E-state index contributed by atoms with van der Waals surface area (Å²) in [6.07, 6.45) is 3.41. The number of aryl methyl sites for hydroxylation is 1. The molecule has 1 heterocycles. The smallest absolute Gasteiger partial charge is 0.118 e. The van der Waals surface area contributed by atoms with Gasteiger partial charge in [0.2, 0.25) is 0 Å². The molecule has 0 amide bonds. The number of aromatic nitrogens is 1. The highest BCUT2D eigenvalue weighted by Crippen LogP contribution is 2.22. The Kier molecular flexibility index (Phi) is 4.77. The number of hydrogen-bond acceptors (Lipinski definition) is 3. The second-order valence-corrected chi connectivity index (χ2v) is 4.77. The minimum atomic E-state index is -0.143. The first-order valence-corrected chi connectivity index (χ1v) is 6.57. The first-order chi connectivity index (χ1) is 9.20. The van der Waals surface area contributed by atoms with E-state index in [1.165, 1.54) is 5.56 Å². The summed E-state index contributed by atoms with van der Waals surface area (Å²) in [5, 5.41) is 0.629. The molecule has 3 nitrogen and oxygen atoms in total. The van der Waals surface area contributed by atoms with Crippen LogP contribution in [0.3, 0.4) is 0 Å². The van der Waals surface area contributed by atoms with Crippen molar-refractivity contribution in [2.45, 2.75) is 18.9 Å². The predicted molar refractivity (Wildman–Crippen MR) is 77.5 cm³/mol. The molecule has 0 bridgehead atoms. The highest BCUT2D eigenvalue weighted by atomic mass is 35.5. The monoisotopic (exact) mass is 276 g/mol. The SMILES string of the molecule is COc1ccc(CCC(N)c2ncccc2Cl)cc1. The molecule has 2 rings (SSSR count). The van der Waals surface area contributed by atoms with Crippen LogP contribution in [0.2, 0.25) is 5.02 Å². The molecule has 0 spiro atoms. The van der Waals surface area contributed by atoms with Crippen molar-refractivity contribution in [2.24, 2.45) is 5.73 Å². The Morgan fingerprint density at radius 1 is 1.26 bits per heavy atom. The Balaban J connectivity index is 1.96. The molecule has 0 aliphatic carbocycles. The van der Waals surface area contributed by atoms with Crippen LogP contribution in [0.4, 0.5) is 0 Å². The summed E-state index contributed by atoms with van der Waals surface area (Å²) in [6, 6.07) is 11.5. The Labute approximate surface area is 118 Å². The van der Waals surface area contributed by atoms with Gasteiger partial charge in [0.25, 0.3) is 0 Å². The Bertz CT molecular complexity index is 528. The van der Waals surface area contributed by atoms with Crippen LogP contribution < -0.4 is 10.5 Å². The van der Waals surface area contributed by atoms with Crippen LogP contribution in [-0.2, 0) is 6.42 Å². The number of benzene rings is 1. The number of nitrogens with two attached hydrogens (primary N) is 1. The molecule has 1 aromatic heterocycles. The molecule has 2 aromatic rings. The third-order valence-electron chi connectivity index (χ3n) is 3.04. The predicted octanol–water partition coefficient (Wildman–Crippen LogP) is 3.38. The van der Waals surface area contributed by atoms with Crippen molar-refractivity contribution in [3.8, 4) is 5.75 Å². The summed E-state index contributed by atoms with van der Waals surface area (Å²) < 4.78 is 5.13. The van der Waals surface area contributed by atoms with E-state index >= 15 is 0 Å². The van der Waals surface area contributed by atoms with Gasteiger partial charge in [-0.2, -0.15) is 0 Å². The van der Waals surface area contributed by atoms with Crippen LogP contribution >= 0.6 is 11.6 Å². The molecule has 1 unspecified atom stereocenters. The molecule has 0 saturated carbocycles. The maximum atomic E-state index is 6.13. The van der Waals surface area contributed by atoms with Crippen LogP contribution in [-0.4, -0.2) is 12.1 Å². The summed E-state index contributed by atoms with van der Waals surface area (Å²) in [7, 11) is 1.66. The first kappa shape index (κ1) is 13.8. The molecule has 100 valence electrons. The molecule has 0 fully saturated rings. The molecule has 0 radical (unpaired) electrons. The third-order valence-corrected chi connectivity index (χ3v) is 3.36. The summed E-state index contributed by atoms with van der Waals surface area (Å²) in [5.41, 5.74) is 8.12. The van der Waals surface area contributed by atoms with Gasteiger partial charge in [-0.25, -0.2) is 0 Å². The molecule has 1 aromatic carbocycles. The number of halogens is 1. The van der Waals surface area contributed by atoms with Gasteiger partial charge in [0.1, 0.15) is 5.75 Å². The van der Waals surface area contributed by atoms with E-state index in [9.17, 15) is 0 Å². The average molecular weight is 277 g/mol. The van der Waals surface area contributed by atoms with Gasteiger partial charge in [0.05, 0.1) is 17.8 Å². The third kappa shape index (κ3) is 3.69. The standard InChI is InChI=1S/C15H17ClN2O/c1-19-12-7-4-11(5-8-12)6-9-14(17)15-13(16)3-2-10-18-15/h2-5,7-8,10,14H,6,9,17H2,1H3. The summed E-state index contributed by atoms with van der Waals surface area (Å²) in [4.78, 5) is 4.24. The van der Waals surface area contributed by atoms with Gasteiger partial charge >= 0.3 is 0 Å². The zero-order valence-corrected chi connectivity index (χ0v) is 11.6. The van der Waals surface area contributed by atoms with Crippen molar-refractivity contribution in [1.29, 1.82) is 0 Å². The number of methoxy groups -OCH3 is 1. The lowest BCUT2D eigenvalue weighted by Crippen LogP contribution is -2.13. The first-order valence-electron chi connectivity index (χ1n) is 6.19. The number of nitrogens with zero attached hydrogens (tertiary/aromatic N) is 1. The molecule has 0 aliphatic heterocycles. The normalized spacial score (nSPS) is 12.2. The van der Waals surface area contributed by atoms with Crippen molar-refractivity contribution in [3.63, 3.8) is 0 Å². The van der Waals surface area contributed by atoms with Crippen molar-refractivity contribution in [2.75, 3.05) is 7.11 Å². The zero-order valence-electron chi connectivity index (χ0n) is 10.8. The number of pyridine rings is 1. The van der Waals surface area contributed by atoms with E-state index in [1.54, 1.807) is 13.3 Å². The molecule has 2 N–H and O–H groups in total. The van der Waals surface area contributed by atoms with Crippen LogP contribution in [0.1, 0.15) is 23.7 Å². The van der Waals surface area contributed by atoms with Gasteiger partial charge in [0.15, 0.2) is 0 Å². The lowest BCUT2D eigenvalue weighted by Gasteiger charge is -2.12. The minimum absolute atomic E-state index is 0.143. The maximum Gasteiger partial charge on any atom is 0.118 e. The van der Waals surface area contributed by atoms with E-state index in [2.05, 4.69) is 4.98 Å². The lowest BCUT2D eigenvalue weighted by atomic mass is 10.0. The largest absolute Gasteiger partial charge is 0.497 e. The fraction of sp³-hybridized carbons (Fsp3) is 0.267. The summed E-state index contributed by atoms with van der Waals surface area (Å²) in [5.74, 6) is 0.862. The number of rotatable bonds is 5. The van der Waals surface area contributed by atoms with Gasteiger partial charge in [-0.3, -0.25) is 4.98 Å². The lowest BCUT2D eigenvalue weighted by molar-refractivity contribution is 0.414. The van der Waals surface area contributed by atoms with Gasteiger partial charge in [-0.1, -0.05) is 23.7 Å². The Hall–Kier alpha value is -1.58. The van der Waals surface area contributed by atoms with E-state index < -0.39 is 0 Å². The summed E-state index contributed by atoms with van der Waals surface area (Å²) in [6.45, 7) is 0. The van der Waals surface area contributed by atoms with E-state index in [0.29, 0.717) is 5.02 Å². The second-order valence-electron chi connectivity index (χ2n) is 4.36. The Morgan fingerprint density at radius 3 is 2.63 bits per heavy atom. The quantitative estimate of drug-likeness (QED) is 0.911. The highest BCUT2D eigenvalue weighted by molar-refractivity contribution is 6.31. The number of ether oxygens (including phenoxy) is 1. The molecular weight excluding hydrogens is 260 g/mol. The molecule has 0 aliphatic rings. The average Bonchev–Trinajstić information content (AvgIpc) is 2.46. The molecule has 1 atom stereocenters. The van der Waals surface area contributed by atoms with Gasteiger partial charge in [-0.05, 0) is 42.7 Å². The zero-order chi connectivity index (χ0) is 13.7. The topological polar surface area (TPSA) is 48.1 Å². The van der Waals surface area contributed by atoms with Gasteiger partial charge < -0.3 is 10.5 Å². The molecule has 19 heavy (non-hydrogen) atoms. The fourth-order valence-electron chi connectivity index (χ4n) is 1.92. The van der Waals surface area contributed by atoms with Crippen LogP contribution in [0.5, 0.6) is 5.75 Å². The van der Waals surface area contributed by atoms with Crippen LogP contribution in [0.25, 0.3) is 0 Å². The second kappa shape index (κ2) is 6.55. The van der Waals surface area contributed by atoms with Crippen molar-refractivity contribution < 1.29 is 4.74 Å². The van der Waals surface area contributed by atoms with E-state index in [1.807, 2.05) is 36.4 Å².